The van der Waals surface area contributed by atoms with E-state index in [2.05, 4.69) is 6.92 Å². The Hall–Kier alpha value is -3.01. The lowest BCUT2D eigenvalue weighted by Crippen LogP contribution is -1.97. The highest BCUT2D eigenvalue weighted by Crippen LogP contribution is 2.31. The van der Waals surface area contributed by atoms with Crippen LogP contribution in [-0.4, -0.2) is 20.2 Å². The summed E-state index contributed by atoms with van der Waals surface area (Å²) in [5, 5.41) is 0. The molecule has 0 aliphatic carbocycles. The van der Waals surface area contributed by atoms with Crippen molar-refractivity contribution >= 4 is 17.8 Å². The van der Waals surface area contributed by atoms with Gasteiger partial charge in [0.1, 0.15) is 5.76 Å². The summed E-state index contributed by atoms with van der Waals surface area (Å²) < 4.78 is 16.0. The van der Waals surface area contributed by atoms with E-state index in [0.717, 1.165) is 16.7 Å². The van der Waals surface area contributed by atoms with Crippen LogP contribution < -0.4 is 9.47 Å². The number of methoxy groups -OCH3 is 2. The van der Waals surface area contributed by atoms with E-state index < -0.39 is 0 Å². The van der Waals surface area contributed by atoms with Gasteiger partial charge in [-0.05, 0) is 60.9 Å². The van der Waals surface area contributed by atoms with Crippen LogP contribution in [0, 0.1) is 13.8 Å². The van der Waals surface area contributed by atoms with E-state index in [1.54, 1.807) is 32.4 Å². The number of ether oxygens (including phenoxy) is 3. The second-order valence-corrected chi connectivity index (χ2v) is 5.91. The minimum Gasteiger partial charge on any atom is -0.493 e. The van der Waals surface area contributed by atoms with Crippen LogP contribution in [0.25, 0.3) is 11.8 Å². The van der Waals surface area contributed by atoms with Crippen molar-refractivity contribution in [2.75, 3.05) is 14.2 Å². The molecular formula is C21H20O4. The molecule has 0 N–H and O–H groups in total. The summed E-state index contributed by atoms with van der Waals surface area (Å²) in [4.78, 5) is 12.2. The number of aryl methyl sites for hydroxylation is 2. The van der Waals surface area contributed by atoms with Gasteiger partial charge in [0.2, 0.25) is 0 Å². The van der Waals surface area contributed by atoms with Crippen LogP contribution in [-0.2, 0) is 9.53 Å². The molecule has 0 radical (unpaired) electrons. The normalized spacial score (nSPS) is 15.1. The lowest BCUT2D eigenvalue weighted by Gasteiger charge is -2.07. The molecule has 0 saturated heterocycles. The molecule has 0 saturated carbocycles. The Bertz CT molecular complexity index is 891. The van der Waals surface area contributed by atoms with Gasteiger partial charge in [-0.25, -0.2) is 4.79 Å². The Morgan fingerprint density at radius 3 is 2.36 bits per heavy atom. The van der Waals surface area contributed by atoms with Crippen molar-refractivity contribution in [3.05, 3.63) is 70.3 Å². The van der Waals surface area contributed by atoms with Crippen molar-refractivity contribution in [2.45, 2.75) is 13.8 Å². The molecule has 0 atom stereocenters. The van der Waals surface area contributed by atoms with Crippen molar-refractivity contribution in [1.82, 2.24) is 0 Å². The second-order valence-electron chi connectivity index (χ2n) is 5.91. The van der Waals surface area contributed by atoms with Crippen LogP contribution in [0.15, 0.2) is 48.0 Å². The predicted octanol–water partition coefficient (Wildman–Crippen LogP) is 4.30. The molecule has 128 valence electrons. The number of benzene rings is 2. The molecule has 2 aromatic carbocycles. The van der Waals surface area contributed by atoms with E-state index in [1.807, 2.05) is 37.3 Å². The van der Waals surface area contributed by atoms with Gasteiger partial charge in [-0.1, -0.05) is 18.2 Å². The lowest BCUT2D eigenvalue weighted by molar-refractivity contribution is -0.130. The molecule has 3 rings (SSSR count). The summed E-state index contributed by atoms with van der Waals surface area (Å²) in [5.74, 6) is 1.47. The molecule has 0 aromatic heterocycles. The quantitative estimate of drug-likeness (QED) is 0.617. The average Bonchev–Trinajstić information content (AvgIpc) is 2.97. The fourth-order valence-corrected chi connectivity index (χ4v) is 2.65. The molecule has 0 amide bonds. The Labute approximate surface area is 147 Å². The number of carbonyl (C=O) groups excluding carboxylic acids is 1. The van der Waals surface area contributed by atoms with Gasteiger partial charge >= 0.3 is 5.97 Å². The number of hydrogen-bond donors (Lipinski definition) is 0. The maximum absolute atomic E-state index is 12.2. The molecule has 4 nitrogen and oxygen atoms in total. The molecule has 1 heterocycles. The zero-order chi connectivity index (χ0) is 18.0. The maximum Gasteiger partial charge on any atom is 0.343 e. The van der Waals surface area contributed by atoms with Crippen LogP contribution in [0.4, 0.5) is 0 Å². The minimum atomic E-state index is -0.358. The third-order valence-corrected chi connectivity index (χ3v) is 4.25. The van der Waals surface area contributed by atoms with E-state index in [-0.39, 0.29) is 5.97 Å². The SMILES string of the molecule is COc1ccc(/C=C2\C=C(c3ccc(C)c(C)c3)OC2=O)cc1OC. The van der Waals surface area contributed by atoms with E-state index in [4.69, 9.17) is 14.2 Å². The van der Waals surface area contributed by atoms with Crippen molar-refractivity contribution in [2.24, 2.45) is 0 Å². The summed E-state index contributed by atoms with van der Waals surface area (Å²) in [6.45, 7) is 4.09. The Morgan fingerprint density at radius 1 is 0.920 bits per heavy atom. The zero-order valence-electron chi connectivity index (χ0n) is 14.8. The fourth-order valence-electron chi connectivity index (χ4n) is 2.65. The minimum absolute atomic E-state index is 0.358. The predicted molar refractivity (Wildman–Crippen MR) is 97.5 cm³/mol. The largest absolute Gasteiger partial charge is 0.493 e. The summed E-state index contributed by atoms with van der Waals surface area (Å²) >= 11 is 0. The second kappa shape index (κ2) is 6.85. The van der Waals surface area contributed by atoms with Gasteiger partial charge in [0.15, 0.2) is 11.5 Å². The molecule has 0 unspecified atom stereocenters. The summed E-state index contributed by atoms with van der Waals surface area (Å²) in [6, 6.07) is 11.5. The summed E-state index contributed by atoms with van der Waals surface area (Å²) in [7, 11) is 3.17. The Kier molecular flexibility index (Phi) is 4.61. The third kappa shape index (κ3) is 3.43. The van der Waals surface area contributed by atoms with Gasteiger partial charge in [-0.2, -0.15) is 0 Å². The first-order valence-corrected chi connectivity index (χ1v) is 7.97. The monoisotopic (exact) mass is 336 g/mol. The number of rotatable bonds is 4. The van der Waals surface area contributed by atoms with Crippen molar-refractivity contribution in [3.63, 3.8) is 0 Å². The van der Waals surface area contributed by atoms with Crippen LogP contribution in [0.2, 0.25) is 0 Å². The van der Waals surface area contributed by atoms with Crippen LogP contribution in [0.5, 0.6) is 11.5 Å². The van der Waals surface area contributed by atoms with Crippen LogP contribution >= 0.6 is 0 Å². The van der Waals surface area contributed by atoms with Gasteiger partial charge in [0.25, 0.3) is 0 Å². The highest BCUT2D eigenvalue weighted by molar-refractivity contribution is 6.05. The molecule has 1 aliphatic heterocycles. The van der Waals surface area contributed by atoms with E-state index in [0.29, 0.717) is 22.8 Å². The lowest BCUT2D eigenvalue weighted by atomic mass is 10.0. The Balaban J connectivity index is 1.94. The first-order valence-electron chi connectivity index (χ1n) is 7.97. The summed E-state index contributed by atoms with van der Waals surface area (Å²) in [5.41, 5.74) is 4.59. The first kappa shape index (κ1) is 16.8. The maximum atomic E-state index is 12.2. The molecule has 25 heavy (non-hydrogen) atoms. The van der Waals surface area contributed by atoms with Gasteiger partial charge in [0, 0.05) is 5.56 Å². The molecule has 0 bridgehead atoms. The van der Waals surface area contributed by atoms with Gasteiger partial charge in [-0.15, -0.1) is 0 Å². The van der Waals surface area contributed by atoms with Crippen molar-refractivity contribution in [1.29, 1.82) is 0 Å². The molecular weight excluding hydrogens is 316 g/mol. The molecule has 2 aromatic rings. The van der Waals surface area contributed by atoms with E-state index in [1.165, 1.54) is 5.56 Å². The van der Waals surface area contributed by atoms with Gasteiger partial charge < -0.3 is 14.2 Å². The standard InChI is InChI=1S/C21H20O4/c1-13-5-7-16(9-14(13)2)19-12-17(21(22)25-19)10-15-6-8-18(23-3)20(11-15)24-4/h5-12H,1-4H3/b17-10+. The summed E-state index contributed by atoms with van der Waals surface area (Å²) in [6.07, 6.45) is 3.54. The number of carbonyl (C=O) groups is 1. The third-order valence-electron chi connectivity index (χ3n) is 4.25. The molecule has 4 heteroatoms. The smallest absolute Gasteiger partial charge is 0.343 e. The van der Waals surface area contributed by atoms with Gasteiger partial charge in [-0.3, -0.25) is 0 Å². The van der Waals surface area contributed by atoms with E-state index in [9.17, 15) is 4.79 Å². The molecule has 0 spiro atoms. The van der Waals surface area contributed by atoms with Crippen molar-refractivity contribution < 1.29 is 19.0 Å². The first-order chi connectivity index (χ1) is 12.0. The van der Waals surface area contributed by atoms with Crippen LogP contribution in [0.1, 0.15) is 22.3 Å². The van der Waals surface area contributed by atoms with E-state index >= 15 is 0 Å². The van der Waals surface area contributed by atoms with Crippen LogP contribution in [0.3, 0.4) is 0 Å². The van der Waals surface area contributed by atoms with Gasteiger partial charge in [0.05, 0.1) is 19.8 Å². The highest BCUT2D eigenvalue weighted by atomic mass is 16.5. The highest BCUT2D eigenvalue weighted by Gasteiger charge is 2.22. The number of esters is 1. The number of cyclic esters (lactones) is 1. The molecule has 1 aliphatic rings. The topological polar surface area (TPSA) is 44.8 Å². The zero-order valence-corrected chi connectivity index (χ0v) is 14.8. The van der Waals surface area contributed by atoms with Crippen molar-refractivity contribution in [3.8, 4) is 11.5 Å². The average molecular weight is 336 g/mol. The molecule has 0 fully saturated rings. The Morgan fingerprint density at radius 2 is 1.68 bits per heavy atom. The fraction of sp³-hybridized carbons (Fsp3) is 0.190. The number of hydrogen-bond acceptors (Lipinski definition) is 4.